The Morgan fingerprint density at radius 2 is 1.92 bits per heavy atom. The number of hydrogen-bond donors (Lipinski definition) is 2. The van der Waals surface area contributed by atoms with Crippen LogP contribution < -0.4 is 15.4 Å². The van der Waals surface area contributed by atoms with Gasteiger partial charge in [-0.15, -0.1) is 0 Å². The summed E-state index contributed by atoms with van der Waals surface area (Å²) in [6, 6.07) is 17.7. The number of rotatable bonds is 5. The molecule has 132 valence electrons. The zero-order valence-corrected chi connectivity index (χ0v) is 15.0. The highest BCUT2D eigenvalue weighted by atomic mass is 16.5. The Labute approximate surface area is 154 Å². The molecule has 1 heterocycles. The monoisotopic (exact) mass is 346 g/mol. The van der Waals surface area contributed by atoms with Crippen molar-refractivity contribution in [3.8, 4) is 17.9 Å². The van der Waals surface area contributed by atoms with E-state index in [4.69, 9.17) is 10.00 Å². The Morgan fingerprint density at radius 3 is 2.62 bits per heavy atom. The van der Waals surface area contributed by atoms with E-state index >= 15 is 0 Å². The number of nitrogens with one attached hydrogen (secondary N) is 2. The SMILES string of the molecule is C[C@@H](CN[C@H](C)[C@H]1CNc2cccc(C#N)c2O1)c1ccc(C#N)cc1. The third-order valence-corrected chi connectivity index (χ3v) is 4.81. The fourth-order valence-electron chi connectivity index (χ4n) is 3.07. The van der Waals surface area contributed by atoms with Gasteiger partial charge in [-0.05, 0) is 42.7 Å². The maximum absolute atomic E-state index is 9.26. The second-order valence-corrected chi connectivity index (χ2v) is 6.66. The van der Waals surface area contributed by atoms with Gasteiger partial charge in [-0.25, -0.2) is 0 Å². The molecule has 0 bridgehead atoms. The summed E-state index contributed by atoms with van der Waals surface area (Å²) in [5.74, 6) is 0.962. The number of benzene rings is 2. The van der Waals surface area contributed by atoms with E-state index < -0.39 is 0 Å². The fourth-order valence-corrected chi connectivity index (χ4v) is 3.07. The Bertz CT molecular complexity index is 848. The summed E-state index contributed by atoms with van der Waals surface area (Å²) in [7, 11) is 0. The molecule has 0 radical (unpaired) electrons. The molecule has 2 aromatic rings. The third kappa shape index (κ3) is 3.79. The van der Waals surface area contributed by atoms with E-state index in [-0.39, 0.29) is 12.1 Å². The van der Waals surface area contributed by atoms with Gasteiger partial charge in [0.1, 0.15) is 12.2 Å². The van der Waals surface area contributed by atoms with Gasteiger partial charge in [-0.1, -0.05) is 25.1 Å². The van der Waals surface area contributed by atoms with Crippen molar-refractivity contribution in [3.05, 3.63) is 59.2 Å². The van der Waals surface area contributed by atoms with Gasteiger partial charge in [0.25, 0.3) is 0 Å². The maximum atomic E-state index is 9.26. The van der Waals surface area contributed by atoms with Crippen molar-refractivity contribution in [2.75, 3.05) is 18.4 Å². The summed E-state index contributed by atoms with van der Waals surface area (Å²) >= 11 is 0. The number of fused-ring (bicyclic) bond motifs is 1. The summed E-state index contributed by atoms with van der Waals surface area (Å²) in [4.78, 5) is 0. The minimum absolute atomic E-state index is 0.0508. The number of nitriles is 2. The molecule has 0 saturated carbocycles. The van der Waals surface area contributed by atoms with Crippen LogP contribution in [-0.4, -0.2) is 25.2 Å². The van der Waals surface area contributed by atoms with Crippen molar-refractivity contribution in [1.29, 1.82) is 10.5 Å². The van der Waals surface area contributed by atoms with E-state index in [1.54, 1.807) is 6.07 Å². The molecule has 1 aliphatic rings. The molecule has 5 heteroatoms. The molecule has 5 nitrogen and oxygen atoms in total. The van der Waals surface area contributed by atoms with Gasteiger partial charge in [0, 0.05) is 12.6 Å². The summed E-state index contributed by atoms with van der Waals surface area (Å²) in [5, 5.41) is 25.0. The summed E-state index contributed by atoms with van der Waals surface area (Å²) < 4.78 is 6.10. The van der Waals surface area contributed by atoms with Gasteiger partial charge >= 0.3 is 0 Å². The van der Waals surface area contributed by atoms with Gasteiger partial charge < -0.3 is 15.4 Å². The average molecular weight is 346 g/mol. The molecule has 0 unspecified atom stereocenters. The number of nitrogens with zero attached hydrogens (tertiary/aromatic N) is 2. The normalized spacial score (nSPS) is 17.6. The molecule has 0 saturated heterocycles. The predicted molar refractivity (Wildman–Crippen MR) is 101 cm³/mol. The molecule has 26 heavy (non-hydrogen) atoms. The van der Waals surface area contributed by atoms with E-state index in [0.29, 0.717) is 29.3 Å². The van der Waals surface area contributed by atoms with Crippen LogP contribution in [-0.2, 0) is 0 Å². The first-order valence-electron chi connectivity index (χ1n) is 8.79. The highest BCUT2D eigenvalue weighted by Crippen LogP contribution is 2.33. The minimum atomic E-state index is -0.0508. The molecule has 0 amide bonds. The van der Waals surface area contributed by atoms with Gasteiger partial charge in [0.15, 0.2) is 5.75 Å². The van der Waals surface area contributed by atoms with Gasteiger partial charge in [0.05, 0.1) is 29.4 Å². The lowest BCUT2D eigenvalue weighted by molar-refractivity contribution is 0.163. The standard InChI is InChI=1S/C21H22N4O/c1-14(17-8-6-16(10-22)7-9-17)12-24-15(2)20-13-25-19-5-3-4-18(11-23)21(19)26-20/h3-9,14-15,20,24-25H,12-13H2,1-2H3/t14-,15+,20+/m0/s1. The first-order valence-corrected chi connectivity index (χ1v) is 8.79. The van der Waals surface area contributed by atoms with Crippen LogP contribution in [0, 0.1) is 22.7 Å². The van der Waals surface area contributed by atoms with Crippen LogP contribution in [0.4, 0.5) is 5.69 Å². The second-order valence-electron chi connectivity index (χ2n) is 6.66. The quantitative estimate of drug-likeness (QED) is 0.867. The van der Waals surface area contributed by atoms with Crippen molar-refractivity contribution < 1.29 is 4.74 Å². The van der Waals surface area contributed by atoms with Crippen molar-refractivity contribution in [2.45, 2.75) is 31.9 Å². The topological polar surface area (TPSA) is 80.9 Å². The van der Waals surface area contributed by atoms with Gasteiger partial charge in [-0.2, -0.15) is 10.5 Å². The number of ether oxygens (including phenoxy) is 1. The van der Waals surface area contributed by atoms with E-state index in [9.17, 15) is 5.26 Å². The Hall–Kier alpha value is -3.02. The van der Waals surface area contributed by atoms with E-state index in [1.807, 2.05) is 36.4 Å². The van der Waals surface area contributed by atoms with Crippen LogP contribution in [0.15, 0.2) is 42.5 Å². The summed E-state index contributed by atoms with van der Waals surface area (Å²) in [5.41, 5.74) is 3.30. The molecular formula is C21H22N4O. The number of hydrogen-bond acceptors (Lipinski definition) is 5. The zero-order valence-electron chi connectivity index (χ0n) is 15.0. The van der Waals surface area contributed by atoms with Crippen LogP contribution in [0.25, 0.3) is 0 Å². The highest BCUT2D eigenvalue weighted by Gasteiger charge is 2.26. The first kappa shape index (κ1) is 17.8. The summed E-state index contributed by atoms with van der Waals surface area (Å²) in [6.45, 7) is 5.75. The van der Waals surface area contributed by atoms with Crippen LogP contribution in [0.2, 0.25) is 0 Å². The molecule has 0 aliphatic carbocycles. The highest BCUT2D eigenvalue weighted by molar-refractivity contribution is 5.64. The largest absolute Gasteiger partial charge is 0.483 e. The Morgan fingerprint density at radius 1 is 1.15 bits per heavy atom. The fraction of sp³-hybridized carbons (Fsp3) is 0.333. The van der Waals surface area contributed by atoms with Gasteiger partial charge in [-0.3, -0.25) is 0 Å². The van der Waals surface area contributed by atoms with Crippen LogP contribution in [0.3, 0.4) is 0 Å². The number of para-hydroxylation sites is 1. The second kappa shape index (κ2) is 7.91. The number of anilines is 1. The minimum Gasteiger partial charge on any atom is -0.483 e. The van der Waals surface area contributed by atoms with Crippen LogP contribution in [0.1, 0.15) is 36.5 Å². The molecule has 2 aromatic carbocycles. The lowest BCUT2D eigenvalue weighted by Gasteiger charge is -2.32. The molecule has 0 spiro atoms. The summed E-state index contributed by atoms with van der Waals surface area (Å²) in [6.07, 6.45) is -0.0508. The molecule has 0 aromatic heterocycles. The first-order chi connectivity index (χ1) is 12.6. The molecule has 3 rings (SSSR count). The molecule has 1 aliphatic heterocycles. The van der Waals surface area contributed by atoms with Crippen LogP contribution in [0.5, 0.6) is 5.75 Å². The molecule has 3 atom stereocenters. The third-order valence-electron chi connectivity index (χ3n) is 4.81. The van der Waals surface area contributed by atoms with Crippen LogP contribution >= 0.6 is 0 Å². The average Bonchev–Trinajstić information content (AvgIpc) is 2.70. The predicted octanol–water partition coefficient (Wildman–Crippen LogP) is 3.38. The van der Waals surface area contributed by atoms with E-state index in [2.05, 4.69) is 36.6 Å². The van der Waals surface area contributed by atoms with Gasteiger partial charge in [0.2, 0.25) is 0 Å². The van der Waals surface area contributed by atoms with E-state index in [1.165, 1.54) is 5.56 Å². The van der Waals surface area contributed by atoms with E-state index in [0.717, 1.165) is 12.2 Å². The maximum Gasteiger partial charge on any atom is 0.160 e. The lowest BCUT2D eigenvalue weighted by Crippen LogP contribution is -2.47. The lowest BCUT2D eigenvalue weighted by atomic mass is 9.99. The molecule has 2 N–H and O–H groups in total. The Kier molecular flexibility index (Phi) is 5.41. The van der Waals surface area contributed by atoms with Crippen molar-refractivity contribution in [1.82, 2.24) is 5.32 Å². The molecular weight excluding hydrogens is 324 g/mol. The Balaban J connectivity index is 1.59. The van der Waals surface area contributed by atoms with Crippen molar-refractivity contribution >= 4 is 5.69 Å². The zero-order chi connectivity index (χ0) is 18.5. The van der Waals surface area contributed by atoms with Crippen molar-refractivity contribution in [3.63, 3.8) is 0 Å². The smallest absolute Gasteiger partial charge is 0.160 e. The molecule has 0 fully saturated rings. The van der Waals surface area contributed by atoms with Crippen molar-refractivity contribution in [2.24, 2.45) is 0 Å².